The molecule has 0 aromatic carbocycles. The highest BCUT2D eigenvalue weighted by atomic mass is 16.4. The summed E-state index contributed by atoms with van der Waals surface area (Å²) < 4.78 is 0. The second kappa shape index (κ2) is 8.80. The lowest BCUT2D eigenvalue weighted by Gasteiger charge is -2.38. The fourth-order valence-corrected chi connectivity index (χ4v) is 4.63. The summed E-state index contributed by atoms with van der Waals surface area (Å²) in [6.07, 6.45) is 16.7. The van der Waals surface area contributed by atoms with Gasteiger partial charge < -0.3 is 9.90 Å². The van der Waals surface area contributed by atoms with Gasteiger partial charge in [-0.05, 0) is 62.2 Å². The summed E-state index contributed by atoms with van der Waals surface area (Å²) in [6, 6.07) is 0. The Kier molecular flexibility index (Phi) is 7.06. The fraction of sp³-hybridized carbons (Fsp3) is 0.947. The van der Waals surface area contributed by atoms with Crippen LogP contribution in [0, 0.1) is 23.7 Å². The van der Waals surface area contributed by atoms with E-state index < -0.39 is 5.97 Å². The van der Waals surface area contributed by atoms with E-state index in [-0.39, 0.29) is 5.92 Å². The second-order valence-corrected chi connectivity index (χ2v) is 7.56. The molecule has 2 saturated carbocycles. The summed E-state index contributed by atoms with van der Waals surface area (Å²) >= 11 is 0. The van der Waals surface area contributed by atoms with Crippen molar-refractivity contribution in [3.63, 3.8) is 0 Å². The molecule has 0 saturated heterocycles. The van der Waals surface area contributed by atoms with Crippen LogP contribution in [0.15, 0.2) is 0 Å². The minimum absolute atomic E-state index is 0.156. The van der Waals surface area contributed by atoms with Gasteiger partial charge in [0.15, 0.2) is 0 Å². The van der Waals surface area contributed by atoms with Crippen molar-refractivity contribution >= 4 is 5.97 Å². The quantitative estimate of drug-likeness (QED) is 0.656. The van der Waals surface area contributed by atoms with Crippen LogP contribution in [0.1, 0.15) is 90.4 Å². The number of aliphatic carboxylic acids is 1. The molecule has 0 aliphatic heterocycles. The highest BCUT2D eigenvalue weighted by molar-refractivity contribution is 5.67. The van der Waals surface area contributed by atoms with E-state index in [9.17, 15) is 9.90 Å². The summed E-state index contributed by atoms with van der Waals surface area (Å²) in [4.78, 5) is 10.9. The third kappa shape index (κ3) is 5.30. The zero-order valence-electron chi connectivity index (χ0n) is 13.8. The van der Waals surface area contributed by atoms with Gasteiger partial charge in [-0.25, -0.2) is 0 Å². The van der Waals surface area contributed by atoms with Crippen molar-refractivity contribution in [3.8, 4) is 0 Å². The lowest BCUT2D eigenvalue weighted by Crippen LogP contribution is -2.35. The Morgan fingerprint density at radius 3 is 1.95 bits per heavy atom. The standard InChI is InChI=1S/C19H34O2/c1-2-3-4-5-6-15-7-9-16(10-8-15)17-11-13-18(14-12-17)19(20)21/h15-18H,2-14H2,1H3,(H,20,21)/p-1. The topological polar surface area (TPSA) is 40.1 Å². The van der Waals surface area contributed by atoms with Gasteiger partial charge in [0.05, 0.1) is 0 Å². The molecule has 0 heterocycles. The first kappa shape index (κ1) is 16.8. The molecule has 2 aliphatic carbocycles. The molecule has 2 heteroatoms. The molecular formula is C19H33O2-. The van der Waals surface area contributed by atoms with E-state index in [0.29, 0.717) is 0 Å². The van der Waals surface area contributed by atoms with Gasteiger partial charge in [-0.2, -0.15) is 0 Å². The van der Waals surface area contributed by atoms with Gasteiger partial charge in [-0.3, -0.25) is 0 Å². The van der Waals surface area contributed by atoms with Crippen molar-refractivity contribution in [1.29, 1.82) is 0 Å². The molecule has 0 amide bonds. The molecule has 2 rings (SSSR count). The molecule has 0 N–H and O–H groups in total. The highest BCUT2D eigenvalue weighted by Gasteiger charge is 2.30. The van der Waals surface area contributed by atoms with Crippen LogP contribution in [0.25, 0.3) is 0 Å². The Morgan fingerprint density at radius 1 is 0.857 bits per heavy atom. The van der Waals surface area contributed by atoms with Crippen LogP contribution >= 0.6 is 0 Å². The SMILES string of the molecule is CCCCCCC1CCC(C2CCC(C(=O)[O-])CC2)CC1. The lowest BCUT2D eigenvalue weighted by molar-refractivity contribution is -0.312. The largest absolute Gasteiger partial charge is 0.550 e. The molecule has 0 spiro atoms. The van der Waals surface area contributed by atoms with Crippen molar-refractivity contribution in [2.75, 3.05) is 0 Å². The van der Waals surface area contributed by atoms with Crippen LogP contribution in [-0.2, 0) is 4.79 Å². The smallest absolute Gasteiger partial charge is 0.0445 e. The Bertz CT molecular complexity index is 297. The number of carboxylic acids is 1. The molecule has 122 valence electrons. The third-order valence-corrected chi connectivity index (χ3v) is 6.13. The normalized spacial score (nSPS) is 33.8. The van der Waals surface area contributed by atoms with E-state index in [2.05, 4.69) is 6.92 Å². The molecule has 2 nitrogen and oxygen atoms in total. The molecular weight excluding hydrogens is 260 g/mol. The van der Waals surface area contributed by atoms with Gasteiger partial charge in [0, 0.05) is 5.97 Å². The van der Waals surface area contributed by atoms with Crippen LogP contribution in [0.4, 0.5) is 0 Å². The van der Waals surface area contributed by atoms with Gasteiger partial charge in [0.2, 0.25) is 0 Å². The first-order valence-electron chi connectivity index (χ1n) is 9.41. The average molecular weight is 293 g/mol. The molecule has 0 bridgehead atoms. The van der Waals surface area contributed by atoms with E-state index in [1.165, 1.54) is 57.8 Å². The number of carbonyl (C=O) groups excluding carboxylic acids is 1. The Labute approximate surface area is 130 Å². The fourth-order valence-electron chi connectivity index (χ4n) is 4.63. The second-order valence-electron chi connectivity index (χ2n) is 7.56. The van der Waals surface area contributed by atoms with Gasteiger partial charge in [0.25, 0.3) is 0 Å². The average Bonchev–Trinajstić information content (AvgIpc) is 2.52. The maximum Gasteiger partial charge on any atom is 0.0445 e. The summed E-state index contributed by atoms with van der Waals surface area (Å²) in [5.41, 5.74) is 0. The van der Waals surface area contributed by atoms with E-state index in [1.54, 1.807) is 0 Å². The predicted octanol–water partition coefficient (Wildman–Crippen LogP) is 4.32. The van der Waals surface area contributed by atoms with E-state index in [0.717, 1.165) is 43.4 Å². The summed E-state index contributed by atoms with van der Waals surface area (Å²) in [6.45, 7) is 2.28. The molecule has 2 fully saturated rings. The summed E-state index contributed by atoms with van der Waals surface area (Å²) in [5.74, 6) is 1.71. The summed E-state index contributed by atoms with van der Waals surface area (Å²) in [7, 11) is 0. The number of carbonyl (C=O) groups is 1. The van der Waals surface area contributed by atoms with Crippen molar-refractivity contribution in [2.24, 2.45) is 23.7 Å². The van der Waals surface area contributed by atoms with E-state index in [4.69, 9.17) is 0 Å². The first-order chi connectivity index (χ1) is 10.2. The Morgan fingerprint density at radius 2 is 1.43 bits per heavy atom. The molecule has 21 heavy (non-hydrogen) atoms. The van der Waals surface area contributed by atoms with Crippen molar-refractivity contribution in [3.05, 3.63) is 0 Å². The molecule has 0 aromatic heterocycles. The van der Waals surface area contributed by atoms with Crippen LogP contribution in [0.3, 0.4) is 0 Å². The number of rotatable bonds is 7. The zero-order valence-corrected chi connectivity index (χ0v) is 13.8. The predicted molar refractivity (Wildman–Crippen MR) is 84.7 cm³/mol. The summed E-state index contributed by atoms with van der Waals surface area (Å²) in [5, 5.41) is 10.9. The monoisotopic (exact) mass is 293 g/mol. The van der Waals surface area contributed by atoms with Crippen molar-refractivity contribution < 1.29 is 9.90 Å². The van der Waals surface area contributed by atoms with Gasteiger partial charge in [0.1, 0.15) is 0 Å². The molecule has 0 unspecified atom stereocenters. The van der Waals surface area contributed by atoms with Gasteiger partial charge in [-0.15, -0.1) is 0 Å². The molecule has 0 aromatic rings. The van der Waals surface area contributed by atoms with Gasteiger partial charge >= 0.3 is 0 Å². The minimum atomic E-state index is -0.816. The van der Waals surface area contributed by atoms with Crippen LogP contribution in [-0.4, -0.2) is 5.97 Å². The van der Waals surface area contributed by atoms with Gasteiger partial charge in [-0.1, -0.05) is 51.9 Å². The highest BCUT2D eigenvalue weighted by Crippen LogP contribution is 2.42. The van der Waals surface area contributed by atoms with Crippen LogP contribution in [0.5, 0.6) is 0 Å². The van der Waals surface area contributed by atoms with Crippen LogP contribution in [0.2, 0.25) is 0 Å². The maximum absolute atomic E-state index is 10.9. The zero-order chi connectivity index (χ0) is 15.1. The molecule has 0 radical (unpaired) electrons. The number of carboxylic acid groups (broad SMARTS) is 1. The number of hydrogen-bond donors (Lipinski definition) is 0. The van der Waals surface area contributed by atoms with Crippen molar-refractivity contribution in [2.45, 2.75) is 90.4 Å². The third-order valence-electron chi connectivity index (χ3n) is 6.13. The van der Waals surface area contributed by atoms with E-state index >= 15 is 0 Å². The molecule has 0 atom stereocenters. The Balaban J connectivity index is 1.62. The van der Waals surface area contributed by atoms with Crippen LogP contribution < -0.4 is 5.11 Å². The first-order valence-corrected chi connectivity index (χ1v) is 9.41. The molecule has 2 aliphatic rings. The number of hydrogen-bond acceptors (Lipinski definition) is 2. The number of unbranched alkanes of at least 4 members (excludes halogenated alkanes) is 3. The Hall–Kier alpha value is -0.530. The van der Waals surface area contributed by atoms with Crippen molar-refractivity contribution in [1.82, 2.24) is 0 Å². The lowest BCUT2D eigenvalue weighted by atomic mass is 9.68. The minimum Gasteiger partial charge on any atom is -0.550 e. The van der Waals surface area contributed by atoms with E-state index in [1.807, 2.05) is 0 Å². The maximum atomic E-state index is 10.9.